The highest BCUT2D eigenvalue weighted by atomic mass is 16.5. The molecule has 0 atom stereocenters. The fourth-order valence-electron chi connectivity index (χ4n) is 1.46. The van der Waals surface area contributed by atoms with Crippen LogP contribution in [-0.4, -0.2) is 32.1 Å². The Labute approximate surface area is 102 Å². The zero-order valence-electron chi connectivity index (χ0n) is 10.0. The predicted octanol–water partition coefficient (Wildman–Crippen LogP) is 0.347. The number of hydrogen-bond donors (Lipinski definition) is 1. The number of carbonyl (C=O) groups excluding carboxylic acids is 1. The first-order chi connectivity index (χ1) is 8.63. The average molecular weight is 248 g/mol. The molecule has 7 nitrogen and oxygen atoms in total. The minimum absolute atomic E-state index is 0.109. The predicted molar refractivity (Wildman–Crippen MR) is 63.0 cm³/mol. The minimum Gasteiger partial charge on any atom is -0.462 e. The third-order valence-corrected chi connectivity index (χ3v) is 2.35. The van der Waals surface area contributed by atoms with Gasteiger partial charge in [-0.2, -0.15) is 0 Å². The fourth-order valence-corrected chi connectivity index (χ4v) is 1.46. The van der Waals surface area contributed by atoms with Crippen LogP contribution in [0.1, 0.15) is 17.3 Å². The van der Waals surface area contributed by atoms with Gasteiger partial charge in [-0.1, -0.05) is 0 Å². The third-order valence-electron chi connectivity index (χ3n) is 2.35. The Morgan fingerprint density at radius 1 is 1.50 bits per heavy atom. The molecular weight excluding hydrogens is 236 g/mol. The van der Waals surface area contributed by atoms with Crippen molar-refractivity contribution in [3.63, 3.8) is 0 Å². The van der Waals surface area contributed by atoms with Crippen LogP contribution in [0.15, 0.2) is 23.5 Å². The summed E-state index contributed by atoms with van der Waals surface area (Å²) >= 11 is 0. The summed E-state index contributed by atoms with van der Waals surface area (Å²) < 4.78 is 6.46. The van der Waals surface area contributed by atoms with E-state index in [2.05, 4.69) is 15.0 Å². The van der Waals surface area contributed by atoms with Crippen molar-refractivity contribution >= 4 is 5.97 Å². The number of aromatic amines is 1. The molecule has 0 unspecified atom stereocenters. The van der Waals surface area contributed by atoms with Gasteiger partial charge in [-0.3, -0.25) is 4.79 Å². The number of aryl methyl sites for hydroxylation is 1. The van der Waals surface area contributed by atoms with Crippen molar-refractivity contribution in [1.82, 2.24) is 19.5 Å². The average Bonchev–Trinajstić information content (AvgIpc) is 2.75. The summed E-state index contributed by atoms with van der Waals surface area (Å²) in [4.78, 5) is 33.7. The van der Waals surface area contributed by atoms with Crippen molar-refractivity contribution in [1.29, 1.82) is 0 Å². The van der Waals surface area contributed by atoms with E-state index in [1.807, 2.05) is 0 Å². The van der Waals surface area contributed by atoms with Crippen molar-refractivity contribution in [3.05, 3.63) is 34.6 Å². The molecule has 7 heteroatoms. The van der Waals surface area contributed by atoms with Gasteiger partial charge in [0.2, 0.25) is 0 Å². The van der Waals surface area contributed by atoms with Gasteiger partial charge in [0.15, 0.2) is 5.82 Å². The SMILES string of the molecule is CCOC(=O)c1cnc(-c2cncn2C)[nH]c1=O. The van der Waals surface area contributed by atoms with E-state index in [9.17, 15) is 9.59 Å². The number of aromatic nitrogens is 4. The number of hydrogen-bond acceptors (Lipinski definition) is 5. The molecule has 0 fully saturated rings. The first-order valence-electron chi connectivity index (χ1n) is 5.36. The maximum absolute atomic E-state index is 11.7. The van der Waals surface area contributed by atoms with Crippen LogP contribution in [0.3, 0.4) is 0 Å². The van der Waals surface area contributed by atoms with Crippen LogP contribution in [0, 0.1) is 0 Å². The van der Waals surface area contributed by atoms with Crippen LogP contribution in [0.2, 0.25) is 0 Å². The first-order valence-corrected chi connectivity index (χ1v) is 5.36. The molecule has 0 aliphatic heterocycles. The Hall–Kier alpha value is -2.44. The lowest BCUT2D eigenvalue weighted by atomic mass is 10.3. The smallest absolute Gasteiger partial charge is 0.345 e. The van der Waals surface area contributed by atoms with Gasteiger partial charge in [0.1, 0.15) is 11.3 Å². The first kappa shape index (κ1) is 12.0. The number of rotatable bonds is 3. The Morgan fingerprint density at radius 3 is 2.83 bits per heavy atom. The zero-order chi connectivity index (χ0) is 13.1. The molecule has 2 heterocycles. The number of ether oxygens (including phenoxy) is 1. The molecule has 0 bridgehead atoms. The number of nitrogens with one attached hydrogen (secondary N) is 1. The van der Waals surface area contributed by atoms with Crippen LogP contribution in [-0.2, 0) is 11.8 Å². The summed E-state index contributed by atoms with van der Waals surface area (Å²) in [5.41, 5.74) is 0.0185. The fraction of sp³-hybridized carbons (Fsp3) is 0.273. The van der Waals surface area contributed by atoms with Crippen LogP contribution in [0.5, 0.6) is 0 Å². The van der Waals surface area contributed by atoms with Crippen LogP contribution in [0.25, 0.3) is 11.5 Å². The van der Waals surface area contributed by atoms with Gasteiger partial charge in [-0.25, -0.2) is 14.8 Å². The van der Waals surface area contributed by atoms with E-state index < -0.39 is 11.5 Å². The molecule has 0 saturated carbocycles. The Bertz CT molecular complexity index is 629. The Balaban J connectivity index is 2.40. The largest absolute Gasteiger partial charge is 0.462 e. The van der Waals surface area contributed by atoms with Crippen molar-refractivity contribution < 1.29 is 9.53 Å². The van der Waals surface area contributed by atoms with Crippen LogP contribution < -0.4 is 5.56 Å². The topological polar surface area (TPSA) is 89.9 Å². The number of esters is 1. The van der Waals surface area contributed by atoms with E-state index in [0.717, 1.165) is 0 Å². The molecule has 18 heavy (non-hydrogen) atoms. The van der Waals surface area contributed by atoms with E-state index in [4.69, 9.17) is 4.74 Å². The molecule has 0 aromatic carbocycles. The molecule has 0 radical (unpaired) electrons. The standard InChI is InChI=1S/C11H12N4O3/c1-3-18-11(17)7-4-13-9(14-10(7)16)8-5-12-6-15(8)2/h4-6H,3H2,1-2H3,(H,13,14,16). The maximum atomic E-state index is 11.7. The summed E-state index contributed by atoms with van der Waals surface area (Å²) in [5.74, 6) is -0.323. The normalized spacial score (nSPS) is 10.3. The molecule has 0 spiro atoms. The second kappa shape index (κ2) is 4.82. The second-order valence-electron chi connectivity index (χ2n) is 3.58. The zero-order valence-corrected chi connectivity index (χ0v) is 10.0. The van der Waals surface area contributed by atoms with Gasteiger partial charge in [0.05, 0.1) is 19.1 Å². The van der Waals surface area contributed by atoms with Gasteiger partial charge in [-0.05, 0) is 6.92 Å². The van der Waals surface area contributed by atoms with E-state index in [1.165, 1.54) is 6.20 Å². The Kier molecular flexibility index (Phi) is 3.22. The molecule has 2 aromatic heterocycles. The van der Waals surface area contributed by atoms with E-state index in [0.29, 0.717) is 11.5 Å². The summed E-state index contributed by atoms with van der Waals surface area (Å²) in [7, 11) is 1.78. The summed E-state index contributed by atoms with van der Waals surface area (Å²) in [5, 5.41) is 0. The number of nitrogens with zero attached hydrogens (tertiary/aromatic N) is 3. The van der Waals surface area contributed by atoms with Gasteiger partial charge in [0.25, 0.3) is 5.56 Å². The molecule has 94 valence electrons. The van der Waals surface area contributed by atoms with E-state index >= 15 is 0 Å². The Morgan fingerprint density at radius 2 is 2.28 bits per heavy atom. The van der Waals surface area contributed by atoms with Crippen molar-refractivity contribution in [3.8, 4) is 11.5 Å². The van der Waals surface area contributed by atoms with Crippen LogP contribution in [0.4, 0.5) is 0 Å². The maximum Gasteiger partial charge on any atom is 0.345 e. The minimum atomic E-state index is -0.678. The second-order valence-corrected chi connectivity index (χ2v) is 3.58. The van der Waals surface area contributed by atoms with Gasteiger partial charge >= 0.3 is 5.97 Å². The quantitative estimate of drug-likeness (QED) is 0.791. The molecular formula is C11H12N4O3. The molecule has 0 amide bonds. The number of imidazole rings is 1. The van der Waals surface area contributed by atoms with E-state index in [1.54, 1.807) is 31.1 Å². The lowest BCUT2D eigenvalue weighted by Crippen LogP contribution is -2.21. The monoisotopic (exact) mass is 248 g/mol. The van der Waals surface area contributed by atoms with Crippen LogP contribution >= 0.6 is 0 Å². The summed E-state index contributed by atoms with van der Waals surface area (Å²) in [6.45, 7) is 1.88. The third kappa shape index (κ3) is 2.15. The molecule has 0 aliphatic rings. The van der Waals surface area contributed by atoms with Crippen molar-refractivity contribution in [2.75, 3.05) is 6.61 Å². The van der Waals surface area contributed by atoms with Crippen molar-refractivity contribution in [2.45, 2.75) is 6.92 Å². The number of carbonyl (C=O) groups is 1. The van der Waals surface area contributed by atoms with Gasteiger partial charge in [-0.15, -0.1) is 0 Å². The highest BCUT2D eigenvalue weighted by Gasteiger charge is 2.14. The summed E-state index contributed by atoms with van der Waals surface area (Å²) in [6.07, 6.45) is 4.37. The molecule has 2 rings (SSSR count). The highest BCUT2D eigenvalue weighted by molar-refractivity contribution is 5.88. The van der Waals surface area contributed by atoms with Gasteiger partial charge in [0, 0.05) is 13.2 Å². The molecule has 0 aliphatic carbocycles. The van der Waals surface area contributed by atoms with Crippen molar-refractivity contribution in [2.24, 2.45) is 7.05 Å². The summed E-state index contributed by atoms with van der Waals surface area (Å²) in [6, 6.07) is 0. The molecule has 1 N–H and O–H groups in total. The lowest BCUT2D eigenvalue weighted by Gasteiger charge is -2.03. The molecule has 2 aromatic rings. The lowest BCUT2D eigenvalue weighted by molar-refractivity contribution is 0.0524. The molecule has 0 saturated heterocycles. The number of H-pyrrole nitrogens is 1. The van der Waals surface area contributed by atoms with Gasteiger partial charge < -0.3 is 14.3 Å². The van der Waals surface area contributed by atoms with E-state index in [-0.39, 0.29) is 12.2 Å². The highest BCUT2D eigenvalue weighted by Crippen LogP contribution is 2.10.